The Balaban J connectivity index is 2.48. The zero-order valence-electron chi connectivity index (χ0n) is 11.8. The van der Waals surface area contributed by atoms with Crippen LogP contribution < -0.4 is 10.1 Å². The molecule has 1 unspecified atom stereocenters. The fourth-order valence-corrected chi connectivity index (χ4v) is 4.44. The molecule has 1 N–H and O–H groups in total. The van der Waals surface area contributed by atoms with E-state index in [2.05, 4.69) is 21.2 Å². The van der Waals surface area contributed by atoms with E-state index in [1.54, 1.807) is 26.0 Å². The van der Waals surface area contributed by atoms with Crippen LogP contribution in [0.5, 0.6) is 5.75 Å². The van der Waals surface area contributed by atoms with Gasteiger partial charge in [-0.3, -0.25) is 4.79 Å². The average Bonchev–Trinajstić information content (AvgIpc) is 2.43. The Hall–Kier alpha value is -1.12. The highest BCUT2D eigenvalue weighted by Gasteiger charge is 2.37. The summed E-state index contributed by atoms with van der Waals surface area (Å²) >= 11 is 3.27. The van der Waals surface area contributed by atoms with E-state index in [-0.39, 0.29) is 17.3 Å². The lowest BCUT2D eigenvalue weighted by Crippen LogP contribution is -2.55. The largest absolute Gasteiger partial charge is 0.492 e. The van der Waals surface area contributed by atoms with Crippen LogP contribution in [-0.4, -0.2) is 44.4 Å². The van der Waals surface area contributed by atoms with Crippen LogP contribution >= 0.6 is 15.9 Å². The molecule has 0 bridgehead atoms. The van der Waals surface area contributed by atoms with Crippen LogP contribution in [0.4, 0.5) is 0 Å². The van der Waals surface area contributed by atoms with E-state index in [4.69, 9.17) is 4.74 Å². The summed E-state index contributed by atoms with van der Waals surface area (Å²) in [6.07, 6.45) is 0. The minimum atomic E-state index is -3.80. The predicted molar refractivity (Wildman–Crippen MR) is 81.7 cm³/mol. The zero-order valence-corrected chi connectivity index (χ0v) is 14.2. The van der Waals surface area contributed by atoms with Crippen molar-refractivity contribution < 1.29 is 17.9 Å². The summed E-state index contributed by atoms with van der Waals surface area (Å²) in [6, 6.07) is 4.09. The highest BCUT2D eigenvalue weighted by Crippen LogP contribution is 2.31. The third-order valence-corrected chi connectivity index (χ3v) is 5.72. The van der Waals surface area contributed by atoms with Gasteiger partial charge in [-0.2, -0.15) is 4.31 Å². The fraction of sp³-hybridized carbons (Fsp3) is 0.462. The topological polar surface area (TPSA) is 75.7 Å². The fourth-order valence-electron chi connectivity index (χ4n) is 2.17. The highest BCUT2D eigenvalue weighted by atomic mass is 79.9. The maximum absolute atomic E-state index is 12.8. The number of piperazine rings is 1. The molecule has 2 rings (SSSR count). The van der Waals surface area contributed by atoms with E-state index in [0.29, 0.717) is 23.4 Å². The minimum absolute atomic E-state index is 0.0697. The van der Waals surface area contributed by atoms with Crippen LogP contribution in [0.25, 0.3) is 0 Å². The van der Waals surface area contributed by atoms with Gasteiger partial charge in [-0.05, 0) is 32.0 Å². The monoisotopic (exact) mass is 376 g/mol. The van der Waals surface area contributed by atoms with E-state index in [1.807, 2.05) is 0 Å². The summed E-state index contributed by atoms with van der Waals surface area (Å²) in [6.45, 7) is 4.27. The second-order valence-corrected chi connectivity index (χ2v) is 7.38. The predicted octanol–water partition coefficient (Wildman–Crippen LogP) is 1.36. The summed E-state index contributed by atoms with van der Waals surface area (Å²) in [4.78, 5) is 11.8. The van der Waals surface area contributed by atoms with E-state index < -0.39 is 16.1 Å². The highest BCUT2D eigenvalue weighted by molar-refractivity contribution is 9.10. The number of nitrogens with one attached hydrogen (secondary N) is 1. The molecule has 1 aromatic rings. The molecule has 1 aliphatic rings. The molecule has 1 fully saturated rings. The number of hydrogen-bond acceptors (Lipinski definition) is 4. The van der Waals surface area contributed by atoms with Crippen LogP contribution in [0.3, 0.4) is 0 Å². The summed E-state index contributed by atoms with van der Waals surface area (Å²) in [5.74, 6) is -0.00309. The first-order valence-electron chi connectivity index (χ1n) is 6.60. The van der Waals surface area contributed by atoms with Gasteiger partial charge >= 0.3 is 0 Å². The third kappa shape index (κ3) is 3.22. The van der Waals surface area contributed by atoms with Crippen molar-refractivity contribution in [3.63, 3.8) is 0 Å². The summed E-state index contributed by atoms with van der Waals surface area (Å²) < 4.78 is 32.9. The Morgan fingerprint density at radius 2 is 2.19 bits per heavy atom. The van der Waals surface area contributed by atoms with Crippen LogP contribution in [0.1, 0.15) is 13.8 Å². The van der Waals surface area contributed by atoms with Crippen molar-refractivity contribution >= 4 is 31.9 Å². The Labute approximate surface area is 132 Å². The molecule has 1 aliphatic heterocycles. The number of carbonyl (C=O) groups is 1. The van der Waals surface area contributed by atoms with Crippen LogP contribution in [0.15, 0.2) is 27.6 Å². The van der Waals surface area contributed by atoms with Crippen molar-refractivity contribution in [3.05, 3.63) is 22.7 Å². The molecule has 0 radical (unpaired) electrons. The van der Waals surface area contributed by atoms with E-state index in [0.717, 1.165) is 0 Å². The molecule has 21 heavy (non-hydrogen) atoms. The minimum Gasteiger partial charge on any atom is -0.492 e. The molecule has 1 amide bonds. The normalized spacial score (nSPS) is 20.1. The second-order valence-electron chi connectivity index (χ2n) is 4.61. The van der Waals surface area contributed by atoms with Crippen molar-refractivity contribution in [3.8, 4) is 5.75 Å². The maximum atomic E-state index is 12.8. The van der Waals surface area contributed by atoms with E-state index >= 15 is 0 Å². The molecule has 1 heterocycles. The lowest BCUT2D eigenvalue weighted by molar-refractivity contribution is -0.126. The molecule has 8 heteroatoms. The standard InChI is InChI=1S/C13H17BrN2O4S/c1-3-20-11-5-4-10(14)8-12(11)21(18,19)16-7-6-15-13(17)9(16)2/h4-5,8-9H,3,6-7H2,1-2H3,(H,15,17). The number of rotatable bonds is 4. The number of carbonyl (C=O) groups excluding carboxylic acids is 1. The van der Waals surface area contributed by atoms with Gasteiger partial charge in [0.2, 0.25) is 15.9 Å². The lowest BCUT2D eigenvalue weighted by atomic mass is 10.2. The van der Waals surface area contributed by atoms with Crippen LogP contribution in [-0.2, 0) is 14.8 Å². The molecular formula is C13H17BrN2O4S. The van der Waals surface area contributed by atoms with Crippen molar-refractivity contribution in [1.82, 2.24) is 9.62 Å². The molecule has 1 aromatic carbocycles. The Morgan fingerprint density at radius 3 is 2.86 bits per heavy atom. The molecule has 6 nitrogen and oxygen atoms in total. The first-order valence-corrected chi connectivity index (χ1v) is 8.83. The van der Waals surface area contributed by atoms with E-state index in [1.165, 1.54) is 10.4 Å². The Kier molecular flexibility index (Phi) is 4.90. The first-order chi connectivity index (χ1) is 9.87. The maximum Gasteiger partial charge on any atom is 0.247 e. The number of hydrogen-bond donors (Lipinski definition) is 1. The molecule has 1 atom stereocenters. The number of nitrogens with zero attached hydrogens (tertiary/aromatic N) is 1. The summed E-state index contributed by atoms with van der Waals surface area (Å²) in [7, 11) is -3.80. The van der Waals surface area contributed by atoms with Gasteiger partial charge in [0.25, 0.3) is 0 Å². The van der Waals surface area contributed by atoms with Gasteiger partial charge in [-0.1, -0.05) is 15.9 Å². The molecule has 116 valence electrons. The average molecular weight is 377 g/mol. The van der Waals surface area contributed by atoms with Crippen LogP contribution in [0, 0.1) is 0 Å². The van der Waals surface area contributed by atoms with Crippen molar-refractivity contribution in [2.24, 2.45) is 0 Å². The van der Waals surface area contributed by atoms with Gasteiger partial charge in [0.15, 0.2) is 0 Å². The molecule has 1 saturated heterocycles. The van der Waals surface area contributed by atoms with Gasteiger partial charge in [0.1, 0.15) is 16.7 Å². The Morgan fingerprint density at radius 1 is 1.48 bits per heavy atom. The molecule has 0 saturated carbocycles. The van der Waals surface area contributed by atoms with Gasteiger partial charge in [0, 0.05) is 17.6 Å². The van der Waals surface area contributed by atoms with Crippen LogP contribution in [0.2, 0.25) is 0 Å². The van der Waals surface area contributed by atoms with Crippen molar-refractivity contribution in [1.29, 1.82) is 0 Å². The number of sulfonamides is 1. The molecule has 0 aromatic heterocycles. The van der Waals surface area contributed by atoms with Gasteiger partial charge in [-0.25, -0.2) is 8.42 Å². The molecule has 0 aliphatic carbocycles. The molecule has 0 spiro atoms. The third-order valence-electron chi connectivity index (χ3n) is 3.24. The number of benzene rings is 1. The Bertz CT molecular complexity index is 648. The second kappa shape index (κ2) is 6.33. The quantitative estimate of drug-likeness (QED) is 0.860. The molecular weight excluding hydrogens is 360 g/mol. The first kappa shape index (κ1) is 16.3. The number of ether oxygens (including phenoxy) is 1. The van der Waals surface area contributed by atoms with Gasteiger partial charge < -0.3 is 10.1 Å². The number of halogens is 1. The zero-order chi connectivity index (χ0) is 15.6. The van der Waals surface area contributed by atoms with Gasteiger partial charge in [-0.15, -0.1) is 0 Å². The van der Waals surface area contributed by atoms with Crippen molar-refractivity contribution in [2.75, 3.05) is 19.7 Å². The lowest BCUT2D eigenvalue weighted by Gasteiger charge is -2.32. The smallest absolute Gasteiger partial charge is 0.247 e. The van der Waals surface area contributed by atoms with Gasteiger partial charge in [0.05, 0.1) is 6.61 Å². The summed E-state index contributed by atoms with van der Waals surface area (Å²) in [5.41, 5.74) is 0. The number of amides is 1. The SMILES string of the molecule is CCOc1ccc(Br)cc1S(=O)(=O)N1CCNC(=O)C1C. The summed E-state index contributed by atoms with van der Waals surface area (Å²) in [5, 5.41) is 2.65. The van der Waals surface area contributed by atoms with E-state index in [9.17, 15) is 13.2 Å². The van der Waals surface area contributed by atoms with Crippen molar-refractivity contribution in [2.45, 2.75) is 24.8 Å².